The molecule has 2 atom stereocenters. The molecular weight excluding hydrogens is 604 g/mol. The SMILES string of the molecule is O=C(CCC(F)(F)F)NC(c1cnn2cc([C@@H](NC(=O)c3cccc(C(F)(F)F)n3)C3CCC(F)(F)CC3)nc2c1)C1CC1. The van der Waals surface area contributed by atoms with E-state index >= 15 is 0 Å². The smallest absolute Gasteiger partial charge is 0.349 e. The van der Waals surface area contributed by atoms with Crippen molar-refractivity contribution in [2.24, 2.45) is 11.8 Å². The number of nitrogens with one attached hydrogen (secondary N) is 2. The molecule has 0 radical (unpaired) electrons. The molecule has 2 saturated carbocycles. The molecule has 2 aliphatic carbocycles. The topological polar surface area (TPSA) is 101 Å². The maximum absolute atomic E-state index is 14.0. The Morgan fingerprint density at radius 1 is 0.955 bits per heavy atom. The highest BCUT2D eigenvalue weighted by molar-refractivity contribution is 5.92. The zero-order valence-corrected chi connectivity index (χ0v) is 23.1. The Kier molecular flexibility index (Phi) is 8.55. The number of nitrogens with zero attached hydrogens (tertiary/aromatic N) is 4. The molecule has 1 unspecified atom stereocenters. The normalized spacial score (nSPS) is 19.0. The van der Waals surface area contributed by atoms with Crippen molar-refractivity contribution in [3.8, 4) is 0 Å². The summed E-state index contributed by atoms with van der Waals surface area (Å²) < 4.78 is 107. The van der Waals surface area contributed by atoms with E-state index in [1.165, 1.54) is 16.9 Å². The maximum atomic E-state index is 14.0. The van der Waals surface area contributed by atoms with Crippen LogP contribution < -0.4 is 10.6 Å². The molecule has 0 saturated heterocycles. The Labute approximate surface area is 245 Å². The number of halogens is 8. The molecule has 3 aromatic rings. The van der Waals surface area contributed by atoms with Gasteiger partial charge >= 0.3 is 12.4 Å². The first-order valence-corrected chi connectivity index (χ1v) is 14.0. The highest BCUT2D eigenvalue weighted by atomic mass is 19.4. The molecule has 2 fully saturated rings. The molecule has 3 heterocycles. The highest BCUT2D eigenvalue weighted by Gasteiger charge is 2.40. The summed E-state index contributed by atoms with van der Waals surface area (Å²) >= 11 is 0. The van der Waals surface area contributed by atoms with Crippen molar-refractivity contribution in [2.45, 2.75) is 81.7 Å². The molecule has 2 aliphatic rings. The molecule has 5 rings (SSSR count). The Morgan fingerprint density at radius 2 is 1.64 bits per heavy atom. The fourth-order valence-corrected chi connectivity index (χ4v) is 5.40. The van der Waals surface area contributed by atoms with Crippen LogP contribution in [0.5, 0.6) is 0 Å². The van der Waals surface area contributed by atoms with Crippen molar-refractivity contribution >= 4 is 17.5 Å². The number of hydrogen-bond donors (Lipinski definition) is 2. The number of imidazole rings is 1. The third-order valence-electron chi connectivity index (χ3n) is 7.88. The summed E-state index contributed by atoms with van der Waals surface area (Å²) in [5, 5.41) is 9.59. The quantitative estimate of drug-likeness (QED) is 0.268. The van der Waals surface area contributed by atoms with Crippen LogP contribution in [0, 0.1) is 11.8 Å². The van der Waals surface area contributed by atoms with Crippen molar-refractivity contribution in [1.29, 1.82) is 0 Å². The number of alkyl halides is 8. The van der Waals surface area contributed by atoms with E-state index in [-0.39, 0.29) is 30.1 Å². The number of pyridine rings is 1. The lowest BCUT2D eigenvalue weighted by Gasteiger charge is -2.33. The van der Waals surface area contributed by atoms with Crippen LogP contribution in [0.4, 0.5) is 35.1 Å². The lowest BCUT2D eigenvalue weighted by atomic mass is 9.81. The molecular formula is C28H28F8N6O2. The highest BCUT2D eigenvalue weighted by Crippen LogP contribution is 2.43. The lowest BCUT2D eigenvalue weighted by molar-refractivity contribution is -0.144. The maximum Gasteiger partial charge on any atom is 0.433 e. The third kappa shape index (κ3) is 7.80. The second kappa shape index (κ2) is 11.9. The zero-order chi connectivity index (χ0) is 31.9. The minimum atomic E-state index is -4.79. The fraction of sp³-hybridized carbons (Fsp3) is 0.536. The van der Waals surface area contributed by atoms with Crippen LogP contribution in [0.3, 0.4) is 0 Å². The van der Waals surface area contributed by atoms with E-state index < -0.39 is 85.2 Å². The average molecular weight is 633 g/mol. The van der Waals surface area contributed by atoms with Gasteiger partial charge in [0.05, 0.1) is 36.6 Å². The number of carbonyl (C=O) groups is 2. The van der Waals surface area contributed by atoms with Gasteiger partial charge in [-0.05, 0) is 61.3 Å². The van der Waals surface area contributed by atoms with E-state index in [0.717, 1.165) is 31.0 Å². The van der Waals surface area contributed by atoms with Gasteiger partial charge in [-0.1, -0.05) is 6.07 Å². The fourth-order valence-electron chi connectivity index (χ4n) is 5.40. The summed E-state index contributed by atoms with van der Waals surface area (Å²) in [5.41, 5.74) is -0.793. The number of carbonyl (C=O) groups excluding carboxylic acids is 2. The first-order chi connectivity index (χ1) is 20.6. The summed E-state index contributed by atoms with van der Waals surface area (Å²) in [6, 6.07) is 2.88. The Hall–Kier alpha value is -3.85. The predicted molar refractivity (Wildman–Crippen MR) is 138 cm³/mol. The van der Waals surface area contributed by atoms with Crippen molar-refractivity contribution in [3.63, 3.8) is 0 Å². The van der Waals surface area contributed by atoms with Gasteiger partial charge in [-0.15, -0.1) is 0 Å². The van der Waals surface area contributed by atoms with E-state index in [1.54, 1.807) is 6.07 Å². The van der Waals surface area contributed by atoms with Crippen LogP contribution in [-0.2, 0) is 11.0 Å². The van der Waals surface area contributed by atoms with Gasteiger partial charge < -0.3 is 10.6 Å². The summed E-state index contributed by atoms with van der Waals surface area (Å²) in [6.45, 7) is 0. The average Bonchev–Trinajstić information content (AvgIpc) is 3.70. The first kappa shape index (κ1) is 31.6. The summed E-state index contributed by atoms with van der Waals surface area (Å²) in [4.78, 5) is 33.3. The number of hydrogen-bond acceptors (Lipinski definition) is 5. The van der Waals surface area contributed by atoms with Gasteiger partial charge in [0, 0.05) is 19.3 Å². The number of amides is 2. The molecule has 238 valence electrons. The van der Waals surface area contributed by atoms with E-state index in [2.05, 4.69) is 25.7 Å². The van der Waals surface area contributed by atoms with Crippen LogP contribution in [0.2, 0.25) is 0 Å². The minimum Gasteiger partial charge on any atom is -0.349 e. The molecule has 0 bridgehead atoms. The van der Waals surface area contributed by atoms with E-state index in [0.29, 0.717) is 5.56 Å². The molecule has 2 amide bonds. The molecule has 0 aliphatic heterocycles. The van der Waals surface area contributed by atoms with Crippen LogP contribution in [0.1, 0.15) is 90.9 Å². The standard InChI is InChI=1S/C28H28F8N6O2/c29-26(30)9-6-16(7-10-26)24(41-25(44)18-2-1-3-20(38-18)28(34,35)36)19-14-42-21(39-19)12-17(13-37-42)23(15-4-5-15)40-22(43)8-11-27(31,32)33/h1-3,12-16,23-24H,4-11H2,(H,40,43)(H,41,44)/t23?,24-/m0/s1. The number of rotatable bonds is 9. The first-order valence-electron chi connectivity index (χ1n) is 14.0. The van der Waals surface area contributed by atoms with E-state index in [4.69, 9.17) is 0 Å². The summed E-state index contributed by atoms with van der Waals surface area (Å²) in [5.74, 6) is -5.12. The number of aromatic nitrogens is 4. The molecule has 44 heavy (non-hydrogen) atoms. The molecule has 0 spiro atoms. The Morgan fingerprint density at radius 3 is 2.27 bits per heavy atom. The molecule has 2 N–H and O–H groups in total. The largest absolute Gasteiger partial charge is 0.433 e. The van der Waals surface area contributed by atoms with Crippen LogP contribution in [0.25, 0.3) is 5.65 Å². The van der Waals surface area contributed by atoms with Crippen molar-refractivity contribution in [1.82, 2.24) is 30.2 Å². The lowest BCUT2D eigenvalue weighted by Crippen LogP contribution is -2.37. The van der Waals surface area contributed by atoms with Gasteiger partial charge in [0.1, 0.15) is 11.4 Å². The van der Waals surface area contributed by atoms with Crippen LogP contribution in [0.15, 0.2) is 36.7 Å². The van der Waals surface area contributed by atoms with Gasteiger partial charge in [-0.25, -0.2) is 23.3 Å². The summed E-state index contributed by atoms with van der Waals surface area (Å²) in [6.07, 6.45) is -7.72. The third-order valence-corrected chi connectivity index (χ3v) is 7.88. The second-order valence-electron chi connectivity index (χ2n) is 11.3. The number of fused-ring (bicyclic) bond motifs is 1. The van der Waals surface area contributed by atoms with E-state index in [1.807, 2.05) is 0 Å². The Balaban J connectivity index is 1.41. The van der Waals surface area contributed by atoms with Crippen LogP contribution >= 0.6 is 0 Å². The Bertz CT molecular complexity index is 1510. The van der Waals surface area contributed by atoms with Crippen molar-refractivity contribution in [2.75, 3.05) is 0 Å². The monoisotopic (exact) mass is 632 g/mol. The second-order valence-corrected chi connectivity index (χ2v) is 11.3. The van der Waals surface area contributed by atoms with Gasteiger partial charge in [0.15, 0.2) is 5.65 Å². The van der Waals surface area contributed by atoms with Gasteiger partial charge in [-0.3, -0.25) is 9.59 Å². The van der Waals surface area contributed by atoms with Gasteiger partial charge in [0.2, 0.25) is 11.8 Å². The minimum absolute atomic E-state index is 0.000533. The summed E-state index contributed by atoms with van der Waals surface area (Å²) in [7, 11) is 0. The molecule has 0 aromatic carbocycles. The van der Waals surface area contributed by atoms with E-state index in [9.17, 15) is 44.7 Å². The molecule has 16 heteroatoms. The van der Waals surface area contributed by atoms with Crippen molar-refractivity contribution in [3.05, 3.63) is 59.3 Å². The molecule has 8 nitrogen and oxygen atoms in total. The molecule has 3 aromatic heterocycles. The van der Waals surface area contributed by atoms with Crippen LogP contribution in [-0.4, -0.2) is 43.5 Å². The van der Waals surface area contributed by atoms with Gasteiger partial charge in [0.25, 0.3) is 5.91 Å². The van der Waals surface area contributed by atoms with Crippen molar-refractivity contribution < 1.29 is 44.7 Å². The van der Waals surface area contributed by atoms with Gasteiger partial charge in [-0.2, -0.15) is 31.4 Å². The zero-order valence-electron chi connectivity index (χ0n) is 23.1. The predicted octanol–water partition coefficient (Wildman–Crippen LogP) is 6.35.